The van der Waals surface area contributed by atoms with E-state index in [9.17, 15) is 9.90 Å². The molecule has 3 unspecified atom stereocenters. The lowest BCUT2D eigenvalue weighted by Crippen LogP contribution is -2.46. The number of urea groups is 1. The Morgan fingerprint density at radius 3 is 2.85 bits per heavy atom. The zero-order chi connectivity index (χ0) is 14.5. The van der Waals surface area contributed by atoms with E-state index in [4.69, 9.17) is 5.73 Å². The van der Waals surface area contributed by atoms with Gasteiger partial charge in [-0.05, 0) is 37.5 Å². The molecule has 1 saturated carbocycles. The maximum Gasteiger partial charge on any atom is 0.319 e. The summed E-state index contributed by atoms with van der Waals surface area (Å²) in [6.07, 6.45) is 3.21. The molecule has 110 valence electrons. The van der Waals surface area contributed by atoms with Crippen molar-refractivity contribution in [2.75, 3.05) is 5.32 Å². The van der Waals surface area contributed by atoms with Crippen LogP contribution < -0.4 is 16.4 Å². The molecule has 2 rings (SSSR count). The molecule has 0 bridgehead atoms. The SMILES string of the molecule is CC(N)c1cccc(NC(=O)NC2CCCCC2O)c1. The highest BCUT2D eigenvalue weighted by atomic mass is 16.3. The number of carbonyl (C=O) groups is 1. The van der Waals surface area contributed by atoms with Crippen LogP contribution in [0.15, 0.2) is 24.3 Å². The predicted octanol–water partition coefficient (Wildman–Crippen LogP) is 2.13. The van der Waals surface area contributed by atoms with Crippen molar-refractivity contribution >= 4 is 11.7 Å². The summed E-state index contributed by atoms with van der Waals surface area (Å²) in [5.41, 5.74) is 7.50. The molecule has 0 saturated heterocycles. The Bertz CT molecular complexity index is 462. The number of benzene rings is 1. The highest BCUT2D eigenvalue weighted by Crippen LogP contribution is 2.19. The maximum absolute atomic E-state index is 11.9. The van der Waals surface area contributed by atoms with E-state index in [1.807, 2.05) is 31.2 Å². The number of hydrogen-bond donors (Lipinski definition) is 4. The first kappa shape index (κ1) is 14.8. The highest BCUT2D eigenvalue weighted by Gasteiger charge is 2.24. The first-order valence-electron chi connectivity index (χ1n) is 7.17. The normalized spacial score (nSPS) is 23.9. The van der Waals surface area contributed by atoms with Crippen LogP contribution in [0.5, 0.6) is 0 Å². The minimum Gasteiger partial charge on any atom is -0.391 e. The molecule has 1 aliphatic carbocycles. The first-order chi connectivity index (χ1) is 9.56. The summed E-state index contributed by atoms with van der Waals surface area (Å²) < 4.78 is 0. The standard InChI is InChI=1S/C15H23N3O2/c1-10(16)11-5-4-6-12(9-11)17-15(20)18-13-7-2-3-8-14(13)19/h4-6,9-10,13-14,19H,2-3,7-8,16H2,1H3,(H2,17,18,20). The van der Waals surface area contributed by atoms with Gasteiger partial charge in [0, 0.05) is 11.7 Å². The van der Waals surface area contributed by atoms with Gasteiger partial charge in [-0.15, -0.1) is 0 Å². The van der Waals surface area contributed by atoms with Gasteiger partial charge in [0.15, 0.2) is 0 Å². The minimum atomic E-state index is -0.440. The molecule has 0 radical (unpaired) electrons. The van der Waals surface area contributed by atoms with Crippen molar-refractivity contribution in [3.8, 4) is 0 Å². The maximum atomic E-state index is 11.9. The Labute approximate surface area is 119 Å². The van der Waals surface area contributed by atoms with Crippen molar-refractivity contribution in [3.63, 3.8) is 0 Å². The van der Waals surface area contributed by atoms with Crippen LogP contribution >= 0.6 is 0 Å². The fourth-order valence-corrected chi connectivity index (χ4v) is 2.51. The van der Waals surface area contributed by atoms with Crippen molar-refractivity contribution in [2.24, 2.45) is 5.73 Å². The van der Waals surface area contributed by atoms with E-state index in [2.05, 4.69) is 10.6 Å². The summed E-state index contributed by atoms with van der Waals surface area (Å²) in [6.45, 7) is 1.90. The smallest absolute Gasteiger partial charge is 0.319 e. The van der Waals surface area contributed by atoms with E-state index in [-0.39, 0.29) is 18.1 Å². The van der Waals surface area contributed by atoms with Gasteiger partial charge >= 0.3 is 6.03 Å². The van der Waals surface area contributed by atoms with Crippen LogP contribution in [-0.2, 0) is 0 Å². The Kier molecular flexibility index (Phi) is 4.98. The number of rotatable bonds is 3. The van der Waals surface area contributed by atoms with E-state index in [1.165, 1.54) is 0 Å². The van der Waals surface area contributed by atoms with Gasteiger partial charge in [-0.25, -0.2) is 4.79 Å². The molecule has 0 spiro atoms. The van der Waals surface area contributed by atoms with Gasteiger partial charge in [0.25, 0.3) is 0 Å². The van der Waals surface area contributed by atoms with Gasteiger partial charge in [-0.1, -0.05) is 25.0 Å². The van der Waals surface area contributed by atoms with Gasteiger partial charge in [0.1, 0.15) is 0 Å². The average molecular weight is 277 g/mol. The van der Waals surface area contributed by atoms with Crippen LogP contribution in [0.3, 0.4) is 0 Å². The number of anilines is 1. The Hall–Kier alpha value is -1.59. The van der Waals surface area contributed by atoms with Crippen molar-refractivity contribution in [2.45, 2.75) is 50.8 Å². The van der Waals surface area contributed by atoms with E-state index < -0.39 is 6.10 Å². The largest absolute Gasteiger partial charge is 0.391 e. The van der Waals surface area contributed by atoms with Gasteiger partial charge in [-0.2, -0.15) is 0 Å². The fraction of sp³-hybridized carbons (Fsp3) is 0.533. The second kappa shape index (κ2) is 6.72. The monoisotopic (exact) mass is 277 g/mol. The molecular formula is C15H23N3O2. The van der Waals surface area contributed by atoms with E-state index in [1.54, 1.807) is 0 Å². The highest BCUT2D eigenvalue weighted by molar-refractivity contribution is 5.89. The van der Waals surface area contributed by atoms with Crippen LogP contribution in [0.1, 0.15) is 44.2 Å². The fourth-order valence-electron chi connectivity index (χ4n) is 2.51. The zero-order valence-electron chi connectivity index (χ0n) is 11.8. The van der Waals surface area contributed by atoms with Crippen LogP contribution in [0.25, 0.3) is 0 Å². The zero-order valence-corrected chi connectivity index (χ0v) is 11.8. The summed E-state index contributed by atoms with van der Waals surface area (Å²) >= 11 is 0. The predicted molar refractivity (Wildman–Crippen MR) is 79.5 cm³/mol. The van der Waals surface area contributed by atoms with Crippen LogP contribution in [-0.4, -0.2) is 23.3 Å². The number of aliphatic hydroxyl groups excluding tert-OH is 1. The summed E-state index contributed by atoms with van der Waals surface area (Å²) in [4.78, 5) is 11.9. The third-order valence-electron chi connectivity index (χ3n) is 3.72. The number of nitrogens with two attached hydrogens (primary N) is 1. The van der Waals surface area contributed by atoms with E-state index in [0.29, 0.717) is 5.69 Å². The third-order valence-corrected chi connectivity index (χ3v) is 3.72. The number of amides is 2. The molecule has 1 aliphatic rings. The summed E-state index contributed by atoms with van der Waals surface area (Å²) in [5, 5.41) is 15.5. The third kappa shape index (κ3) is 3.95. The van der Waals surface area contributed by atoms with E-state index in [0.717, 1.165) is 31.2 Å². The second-order valence-electron chi connectivity index (χ2n) is 5.47. The van der Waals surface area contributed by atoms with Crippen molar-refractivity contribution in [1.82, 2.24) is 5.32 Å². The molecule has 20 heavy (non-hydrogen) atoms. The van der Waals surface area contributed by atoms with Crippen LogP contribution in [0, 0.1) is 0 Å². The lowest BCUT2D eigenvalue weighted by atomic mass is 9.93. The Morgan fingerprint density at radius 2 is 2.15 bits per heavy atom. The second-order valence-corrected chi connectivity index (χ2v) is 5.47. The number of aliphatic hydroxyl groups is 1. The molecule has 3 atom stereocenters. The molecule has 1 fully saturated rings. The van der Waals surface area contributed by atoms with Gasteiger partial charge in [-0.3, -0.25) is 0 Å². The molecular weight excluding hydrogens is 254 g/mol. The molecule has 0 aromatic heterocycles. The van der Waals surface area contributed by atoms with Gasteiger partial charge in [0.05, 0.1) is 12.1 Å². The summed E-state index contributed by atoms with van der Waals surface area (Å²) in [6, 6.07) is 6.98. The summed E-state index contributed by atoms with van der Waals surface area (Å²) in [7, 11) is 0. The first-order valence-corrected chi connectivity index (χ1v) is 7.17. The van der Waals surface area contributed by atoms with Gasteiger partial charge < -0.3 is 21.5 Å². The van der Waals surface area contributed by atoms with Crippen molar-refractivity contribution < 1.29 is 9.90 Å². The molecule has 1 aromatic rings. The summed E-state index contributed by atoms with van der Waals surface area (Å²) in [5.74, 6) is 0. The van der Waals surface area contributed by atoms with E-state index >= 15 is 0 Å². The van der Waals surface area contributed by atoms with Gasteiger partial charge in [0.2, 0.25) is 0 Å². The Balaban J connectivity index is 1.92. The topological polar surface area (TPSA) is 87.4 Å². The van der Waals surface area contributed by atoms with Crippen molar-refractivity contribution in [3.05, 3.63) is 29.8 Å². The molecule has 5 heteroatoms. The van der Waals surface area contributed by atoms with Crippen LogP contribution in [0.4, 0.5) is 10.5 Å². The molecule has 0 aliphatic heterocycles. The Morgan fingerprint density at radius 1 is 1.40 bits per heavy atom. The lowest BCUT2D eigenvalue weighted by molar-refractivity contribution is 0.0955. The quantitative estimate of drug-likeness (QED) is 0.682. The average Bonchev–Trinajstić information content (AvgIpc) is 2.41. The number of carbonyl (C=O) groups excluding carboxylic acids is 1. The molecule has 1 aromatic carbocycles. The number of nitrogens with one attached hydrogen (secondary N) is 2. The molecule has 5 nitrogen and oxygen atoms in total. The molecule has 0 heterocycles. The van der Waals surface area contributed by atoms with Crippen molar-refractivity contribution in [1.29, 1.82) is 0 Å². The lowest BCUT2D eigenvalue weighted by Gasteiger charge is -2.28. The molecule has 5 N–H and O–H groups in total. The van der Waals surface area contributed by atoms with Crippen LogP contribution in [0.2, 0.25) is 0 Å². The minimum absolute atomic E-state index is 0.0695. The number of hydrogen-bond acceptors (Lipinski definition) is 3. The molecule has 2 amide bonds.